The van der Waals surface area contributed by atoms with Gasteiger partial charge < -0.3 is 14.5 Å². The number of likely N-dealkylation sites (tertiary alicyclic amines) is 2. The van der Waals surface area contributed by atoms with Gasteiger partial charge in [-0.05, 0) is 30.7 Å². The molecule has 1 aromatic heterocycles. The van der Waals surface area contributed by atoms with Crippen LogP contribution in [0.5, 0.6) is 5.88 Å². The van der Waals surface area contributed by atoms with Gasteiger partial charge in [0.1, 0.15) is 18.6 Å². The van der Waals surface area contributed by atoms with Gasteiger partial charge in [0.25, 0.3) is 0 Å². The number of nitriles is 2. The number of rotatable bonds is 6. The Labute approximate surface area is 213 Å². The lowest BCUT2D eigenvalue weighted by atomic mass is 9.86. The number of amides is 2. The Bertz CT molecular complexity index is 1200. The third kappa shape index (κ3) is 5.35. The van der Waals surface area contributed by atoms with Crippen molar-refractivity contribution in [1.29, 1.82) is 10.5 Å². The fourth-order valence-corrected chi connectivity index (χ4v) is 4.96. The molecule has 2 saturated heterocycles. The van der Waals surface area contributed by atoms with Crippen LogP contribution in [0.1, 0.15) is 30.4 Å². The van der Waals surface area contributed by atoms with E-state index in [0.717, 1.165) is 5.56 Å². The van der Waals surface area contributed by atoms with Gasteiger partial charge in [-0.25, -0.2) is 4.98 Å². The number of halogens is 2. The minimum Gasteiger partial charge on any atom is -0.474 e. The summed E-state index contributed by atoms with van der Waals surface area (Å²) < 4.78 is 6.11. The molecule has 4 rings (SSSR count). The molecule has 1 aromatic carbocycles. The van der Waals surface area contributed by atoms with E-state index in [0.29, 0.717) is 47.7 Å². The lowest BCUT2D eigenvalue weighted by Crippen LogP contribution is -2.56. The molecule has 2 aliphatic heterocycles. The molecule has 0 spiro atoms. The molecule has 0 N–H and O–H groups in total. The number of nitrogens with zero attached hydrogens (tertiary/aromatic N) is 5. The predicted molar refractivity (Wildman–Crippen MR) is 129 cm³/mol. The minimum atomic E-state index is -0.289. The monoisotopic (exact) mass is 511 g/mol. The Hall–Kier alpha value is -3.33. The molecule has 180 valence electrons. The van der Waals surface area contributed by atoms with Crippen LogP contribution in [0.4, 0.5) is 0 Å². The van der Waals surface area contributed by atoms with E-state index in [1.807, 2.05) is 36.1 Å². The van der Waals surface area contributed by atoms with Crippen molar-refractivity contribution in [3.05, 3.63) is 57.7 Å². The van der Waals surface area contributed by atoms with Crippen LogP contribution >= 0.6 is 23.2 Å². The van der Waals surface area contributed by atoms with Crippen LogP contribution in [0.3, 0.4) is 0 Å². The smallest absolute Gasteiger partial charge is 0.236 e. The Morgan fingerprint density at radius 1 is 1.11 bits per heavy atom. The Morgan fingerprint density at radius 2 is 1.89 bits per heavy atom. The highest BCUT2D eigenvalue weighted by atomic mass is 35.5. The zero-order chi connectivity index (χ0) is 25.1. The SMILES string of the molecule is CC(Oc1ccc(C#N)cn1)C1CN(C(=O)C2CN(C(=O)CC#N)C2)CC1c1ccc(Cl)c(Cl)c1. The highest BCUT2D eigenvalue weighted by molar-refractivity contribution is 6.42. The van der Waals surface area contributed by atoms with Crippen molar-refractivity contribution >= 4 is 35.0 Å². The highest BCUT2D eigenvalue weighted by Gasteiger charge is 2.44. The zero-order valence-corrected chi connectivity index (χ0v) is 20.5. The number of hydrogen-bond acceptors (Lipinski definition) is 6. The standard InChI is InChI=1S/C25H23Cl2N5O3/c1-15(35-23-5-2-16(9-29)10-30-23)19-13-32(14-20(19)17-3-4-21(26)22(27)8-17)25(34)18-11-31(12-18)24(33)6-7-28/h2-5,8,10,15,18-20H,6,11-14H2,1H3. The van der Waals surface area contributed by atoms with Crippen LogP contribution in [-0.4, -0.2) is 58.9 Å². The molecular weight excluding hydrogens is 489 g/mol. The van der Waals surface area contributed by atoms with Gasteiger partial charge in [-0.2, -0.15) is 10.5 Å². The lowest BCUT2D eigenvalue weighted by molar-refractivity contribution is -0.147. The van der Waals surface area contributed by atoms with Gasteiger partial charge in [0.15, 0.2) is 0 Å². The van der Waals surface area contributed by atoms with Crippen molar-refractivity contribution in [2.24, 2.45) is 11.8 Å². The first-order chi connectivity index (χ1) is 16.8. The zero-order valence-electron chi connectivity index (χ0n) is 19.0. The number of carbonyl (C=O) groups is 2. The maximum Gasteiger partial charge on any atom is 0.236 e. The molecule has 3 atom stereocenters. The third-order valence-electron chi connectivity index (χ3n) is 6.64. The van der Waals surface area contributed by atoms with Crippen molar-refractivity contribution in [2.45, 2.75) is 25.4 Å². The summed E-state index contributed by atoms with van der Waals surface area (Å²) in [6, 6.07) is 12.7. The van der Waals surface area contributed by atoms with Crippen LogP contribution < -0.4 is 4.74 Å². The van der Waals surface area contributed by atoms with Crippen molar-refractivity contribution < 1.29 is 14.3 Å². The number of aromatic nitrogens is 1. The second-order valence-electron chi connectivity index (χ2n) is 8.84. The fourth-order valence-electron chi connectivity index (χ4n) is 4.65. The molecule has 10 heteroatoms. The predicted octanol–water partition coefficient (Wildman–Crippen LogP) is 3.64. The number of hydrogen-bond donors (Lipinski definition) is 0. The largest absolute Gasteiger partial charge is 0.474 e. The van der Waals surface area contributed by atoms with Gasteiger partial charge in [0.05, 0.1) is 27.6 Å². The summed E-state index contributed by atoms with van der Waals surface area (Å²) in [6.45, 7) is 3.56. The molecule has 0 aliphatic carbocycles. The van der Waals surface area contributed by atoms with Crippen molar-refractivity contribution in [3.8, 4) is 18.0 Å². The molecular formula is C25H23Cl2N5O3. The van der Waals surface area contributed by atoms with Crippen LogP contribution in [0.2, 0.25) is 10.0 Å². The summed E-state index contributed by atoms with van der Waals surface area (Å²) in [5, 5.41) is 18.6. The molecule has 35 heavy (non-hydrogen) atoms. The van der Waals surface area contributed by atoms with Gasteiger partial charge in [-0.15, -0.1) is 0 Å². The van der Waals surface area contributed by atoms with Crippen LogP contribution in [-0.2, 0) is 9.59 Å². The van der Waals surface area contributed by atoms with Crippen LogP contribution in [0.15, 0.2) is 36.5 Å². The van der Waals surface area contributed by atoms with Crippen molar-refractivity contribution in [3.63, 3.8) is 0 Å². The maximum absolute atomic E-state index is 13.2. The van der Waals surface area contributed by atoms with Crippen LogP contribution in [0.25, 0.3) is 0 Å². The number of carbonyl (C=O) groups excluding carboxylic acids is 2. The van der Waals surface area contributed by atoms with Crippen molar-refractivity contribution in [1.82, 2.24) is 14.8 Å². The Balaban J connectivity index is 1.50. The maximum atomic E-state index is 13.2. The molecule has 0 saturated carbocycles. The van der Waals surface area contributed by atoms with E-state index in [4.69, 9.17) is 38.5 Å². The fraction of sp³-hybridized carbons (Fsp3) is 0.400. The topological polar surface area (TPSA) is 110 Å². The molecule has 3 heterocycles. The summed E-state index contributed by atoms with van der Waals surface area (Å²) >= 11 is 12.4. The molecule has 8 nitrogen and oxygen atoms in total. The lowest BCUT2D eigenvalue weighted by Gasteiger charge is -2.39. The van der Waals surface area contributed by atoms with Crippen molar-refractivity contribution in [2.75, 3.05) is 26.2 Å². The summed E-state index contributed by atoms with van der Waals surface area (Å²) in [4.78, 5) is 32.7. The van der Waals surface area contributed by atoms with Gasteiger partial charge in [-0.1, -0.05) is 29.3 Å². The third-order valence-corrected chi connectivity index (χ3v) is 7.38. The average molecular weight is 512 g/mol. The Kier molecular flexibility index (Phi) is 7.45. The number of pyridine rings is 1. The molecule has 0 bridgehead atoms. The van der Waals surface area contributed by atoms with E-state index in [2.05, 4.69) is 4.98 Å². The summed E-state index contributed by atoms with van der Waals surface area (Å²) in [7, 11) is 0. The normalized spacial score (nSPS) is 20.5. The average Bonchev–Trinajstić information content (AvgIpc) is 3.26. The first-order valence-corrected chi connectivity index (χ1v) is 12.0. The van der Waals surface area contributed by atoms with Gasteiger partial charge in [-0.3, -0.25) is 9.59 Å². The second-order valence-corrected chi connectivity index (χ2v) is 9.65. The van der Waals surface area contributed by atoms with Gasteiger partial charge >= 0.3 is 0 Å². The quantitative estimate of drug-likeness (QED) is 0.585. The van der Waals surface area contributed by atoms with E-state index in [9.17, 15) is 9.59 Å². The number of ether oxygens (including phenoxy) is 1. The molecule has 3 unspecified atom stereocenters. The summed E-state index contributed by atoms with van der Waals surface area (Å²) in [6.07, 6.45) is 0.992. The first kappa shape index (κ1) is 24.8. The van der Waals surface area contributed by atoms with Gasteiger partial charge in [0, 0.05) is 50.3 Å². The van der Waals surface area contributed by atoms with E-state index in [1.54, 1.807) is 18.2 Å². The number of benzene rings is 1. The van der Waals surface area contributed by atoms with Crippen LogP contribution in [0, 0.1) is 34.5 Å². The van der Waals surface area contributed by atoms with E-state index in [-0.39, 0.29) is 42.1 Å². The van der Waals surface area contributed by atoms with Gasteiger partial charge in [0.2, 0.25) is 17.7 Å². The van der Waals surface area contributed by atoms with E-state index in [1.165, 1.54) is 11.1 Å². The second kappa shape index (κ2) is 10.5. The summed E-state index contributed by atoms with van der Waals surface area (Å²) in [5.74, 6) is -0.227. The molecule has 2 aliphatic rings. The minimum absolute atomic E-state index is 0.0118. The summed E-state index contributed by atoms with van der Waals surface area (Å²) in [5.41, 5.74) is 1.40. The molecule has 2 amide bonds. The van der Waals surface area contributed by atoms with E-state index >= 15 is 0 Å². The molecule has 2 aromatic rings. The molecule has 2 fully saturated rings. The highest BCUT2D eigenvalue weighted by Crippen LogP contribution is 2.39. The molecule has 0 radical (unpaired) electrons. The Morgan fingerprint density at radius 3 is 2.51 bits per heavy atom. The van der Waals surface area contributed by atoms with E-state index < -0.39 is 0 Å². The first-order valence-electron chi connectivity index (χ1n) is 11.2.